The summed E-state index contributed by atoms with van der Waals surface area (Å²) < 4.78 is 18.9. The van der Waals surface area contributed by atoms with E-state index in [0.29, 0.717) is 13.0 Å². The number of nitrogens with zero attached hydrogens (tertiary/aromatic N) is 1. The number of carbonyl (C=O) groups excluding carboxylic acids is 1. The zero-order valence-corrected chi connectivity index (χ0v) is 14.1. The molecule has 1 unspecified atom stereocenters. The Morgan fingerprint density at radius 2 is 1.62 bits per heavy atom. The molecule has 3 aromatic rings. The van der Waals surface area contributed by atoms with Crippen LogP contribution in [0.15, 0.2) is 78.9 Å². The molecular weight excluding hydrogens is 329 g/mol. The van der Waals surface area contributed by atoms with Gasteiger partial charge in [-0.2, -0.15) is 0 Å². The van der Waals surface area contributed by atoms with Gasteiger partial charge in [0.2, 0.25) is 5.91 Å². The van der Waals surface area contributed by atoms with Crippen molar-refractivity contribution in [1.29, 1.82) is 0 Å². The molecule has 130 valence electrons. The monoisotopic (exact) mass is 347 g/mol. The second-order valence-electron chi connectivity index (χ2n) is 6.30. The quantitative estimate of drug-likeness (QED) is 0.616. The number of anilines is 1. The minimum absolute atomic E-state index is 0.0175. The van der Waals surface area contributed by atoms with E-state index in [9.17, 15) is 9.18 Å². The van der Waals surface area contributed by atoms with Crippen LogP contribution in [0.4, 0.5) is 10.1 Å². The van der Waals surface area contributed by atoms with Crippen LogP contribution in [0.3, 0.4) is 0 Å². The first kappa shape index (κ1) is 16.3. The minimum Gasteiger partial charge on any atom is -0.489 e. The summed E-state index contributed by atoms with van der Waals surface area (Å²) in [6.07, 6.45) is 0.460. The molecule has 0 radical (unpaired) electrons. The first-order valence-corrected chi connectivity index (χ1v) is 8.55. The van der Waals surface area contributed by atoms with Gasteiger partial charge in [-0.25, -0.2) is 4.39 Å². The minimum atomic E-state index is -0.307. The van der Waals surface area contributed by atoms with Gasteiger partial charge in [0.15, 0.2) is 0 Å². The molecule has 0 N–H and O–H groups in total. The average Bonchev–Trinajstić information content (AvgIpc) is 2.67. The Hall–Kier alpha value is -3.14. The maximum Gasteiger partial charge on any atom is 0.230 e. The van der Waals surface area contributed by atoms with Gasteiger partial charge in [-0.3, -0.25) is 4.79 Å². The molecule has 1 amide bonds. The summed E-state index contributed by atoms with van der Waals surface area (Å²) >= 11 is 0. The molecule has 0 saturated carbocycles. The lowest BCUT2D eigenvalue weighted by Gasteiger charge is -2.40. The van der Waals surface area contributed by atoms with Crippen LogP contribution in [0.1, 0.15) is 23.6 Å². The Morgan fingerprint density at radius 1 is 0.923 bits per heavy atom. The van der Waals surface area contributed by atoms with Gasteiger partial charge in [0, 0.05) is 5.69 Å². The number of ether oxygens (including phenoxy) is 1. The molecule has 0 aliphatic carbocycles. The fourth-order valence-corrected chi connectivity index (χ4v) is 3.14. The van der Waals surface area contributed by atoms with Crippen LogP contribution in [0.25, 0.3) is 0 Å². The van der Waals surface area contributed by atoms with Crippen LogP contribution in [0.5, 0.6) is 5.75 Å². The van der Waals surface area contributed by atoms with Crippen molar-refractivity contribution in [3.8, 4) is 5.75 Å². The Labute approximate surface area is 151 Å². The highest BCUT2D eigenvalue weighted by Gasteiger charge is 2.38. The second-order valence-corrected chi connectivity index (χ2v) is 6.30. The molecule has 3 nitrogen and oxygen atoms in total. The zero-order valence-electron chi connectivity index (χ0n) is 14.1. The van der Waals surface area contributed by atoms with E-state index in [4.69, 9.17) is 4.74 Å². The molecule has 1 aliphatic heterocycles. The van der Waals surface area contributed by atoms with E-state index in [1.165, 1.54) is 12.1 Å². The van der Waals surface area contributed by atoms with E-state index in [0.717, 1.165) is 22.6 Å². The number of rotatable bonds is 5. The van der Waals surface area contributed by atoms with Gasteiger partial charge >= 0.3 is 0 Å². The average molecular weight is 347 g/mol. The van der Waals surface area contributed by atoms with E-state index in [2.05, 4.69) is 0 Å². The molecule has 1 heterocycles. The molecule has 4 heteroatoms. The van der Waals surface area contributed by atoms with Crippen LogP contribution >= 0.6 is 0 Å². The van der Waals surface area contributed by atoms with Crippen LogP contribution in [-0.2, 0) is 11.4 Å². The molecule has 1 saturated heterocycles. The van der Waals surface area contributed by atoms with Crippen molar-refractivity contribution < 1.29 is 13.9 Å². The van der Waals surface area contributed by atoms with Crippen molar-refractivity contribution in [2.24, 2.45) is 0 Å². The van der Waals surface area contributed by atoms with Gasteiger partial charge in [-0.1, -0.05) is 42.5 Å². The predicted octanol–water partition coefficient (Wildman–Crippen LogP) is 4.88. The fraction of sp³-hybridized carbons (Fsp3) is 0.136. The van der Waals surface area contributed by atoms with Crippen molar-refractivity contribution in [1.82, 2.24) is 0 Å². The first-order chi connectivity index (χ1) is 12.7. The highest BCUT2D eigenvalue weighted by atomic mass is 19.1. The number of carbonyl (C=O) groups is 1. The Bertz CT molecular complexity index is 892. The lowest BCUT2D eigenvalue weighted by atomic mass is 9.93. The normalized spacial score (nSPS) is 16.3. The van der Waals surface area contributed by atoms with Gasteiger partial charge in [0.25, 0.3) is 0 Å². The fourth-order valence-electron chi connectivity index (χ4n) is 3.14. The Balaban J connectivity index is 1.44. The summed E-state index contributed by atoms with van der Waals surface area (Å²) in [7, 11) is 0. The number of hydrogen-bond acceptors (Lipinski definition) is 2. The van der Waals surface area contributed by atoms with E-state index in [-0.39, 0.29) is 17.8 Å². The standard InChI is InChI=1S/C22H18FNO2/c23-18-8-10-19(11-9-18)24-21(14-22(24)25)17-6-12-20(13-7-17)26-15-16-4-2-1-3-5-16/h1-13,21H,14-15H2. The van der Waals surface area contributed by atoms with Gasteiger partial charge in [0.1, 0.15) is 18.2 Å². The van der Waals surface area contributed by atoms with Gasteiger partial charge in [0.05, 0.1) is 12.5 Å². The van der Waals surface area contributed by atoms with Crippen LogP contribution in [0.2, 0.25) is 0 Å². The number of benzene rings is 3. The van der Waals surface area contributed by atoms with E-state index < -0.39 is 0 Å². The predicted molar refractivity (Wildman–Crippen MR) is 98.5 cm³/mol. The van der Waals surface area contributed by atoms with Crippen molar-refractivity contribution in [3.05, 3.63) is 95.8 Å². The molecule has 1 fully saturated rings. The number of amides is 1. The second kappa shape index (κ2) is 7.00. The van der Waals surface area contributed by atoms with Gasteiger partial charge in [-0.15, -0.1) is 0 Å². The maximum atomic E-state index is 13.1. The lowest BCUT2D eigenvalue weighted by Crippen LogP contribution is -2.46. The molecule has 4 rings (SSSR count). The summed E-state index contributed by atoms with van der Waals surface area (Å²) in [5, 5.41) is 0. The lowest BCUT2D eigenvalue weighted by molar-refractivity contribution is -0.124. The SMILES string of the molecule is O=C1CC(c2ccc(OCc3ccccc3)cc2)N1c1ccc(F)cc1. The summed E-state index contributed by atoms with van der Waals surface area (Å²) in [6, 6.07) is 23.8. The highest BCUT2D eigenvalue weighted by Crippen LogP contribution is 2.39. The maximum absolute atomic E-state index is 13.1. The van der Waals surface area contributed by atoms with E-state index in [1.54, 1.807) is 17.0 Å². The Kier molecular flexibility index (Phi) is 4.40. The smallest absolute Gasteiger partial charge is 0.230 e. The van der Waals surface area contributed by atoms with Crippen LogP contribution in [-0.4, -0.2) is 5.91 Å². The Morgan fingerprint density at radius 3 is 2.27 bits per heavy atom. The molecule has 0 aromatic heterocycles. The third kappa shape index (κ3) is 3.31. The summed E-state index contributed by atoms with van der Waals surface area (Å²) in [5.41, 5.74) is 2.88. The van der Waals surface area contributed by atoms with Crippen LogP contribution in [0, 0.1) is 5.82 Å². The third-order valence-corrected chi connectivity index (χ3v) is 4.57. The molecule has 1 aliphatic rings. The molecular formula is C22H18FNO2. The molecule has 1 atom stereocenters. The van der Waals surface area contributed by atoms with Crippen molar-refractivity contribution in [3.63, 3.8) is 0 Å². The topological polar surface area (TPSA) is 29.5 Å². The molecule has 26 heavy (non-hydrogen) atoms. The largest absolute Gasteiger partial charge is 0.489 e. The summed E-state index contributed by atoms with van der Waals surface area (Å²) in [6.45, 7) is 0.518. The van der Waals surface area contributed by atoms with E-state index >= 15 is 0 Å². The molecule has 3 aromatic carbocycles. The summed E-state index contributed by atoms with van der Waals surface area (Å²) in [5.74, 6) is 0.529. The highest BCUT2D eigenvalue weighted by molar-refractivity contribution is 6.01. The number of hydrogen-bond donors (Lipinski definition) is 0. The number of β-lactam (4-membered cyclic amide) rings is 1. The van der Waals surface area contributed by atoms with Gasteiger partial charge < -0.3 is 9.64 Å². The van der Waals surface area contributed by atoms with Crippen molar-refractivity contribution in [2.45, 2.75) is 19.1 Å². The molecule has 0 bridgehead atoms. The summed E-state index contributed by atoms with van der Waals surface area (Å²) in [4.78, 5) is 13.7. The van der Waals surface area contributed by atoms with Crippen LogP contribution < -0.4 is 9.64 Å². The van der Waals surface area contributed by atoms with Crippen molar-refractivity contribution in [2.75, 3.05) is 4.90 Å². The zero-order chi connectivity index (χ0) is 17.9. The molecule has 0 spiro atoms. The van der Waals surface area contributed by atoms with Gasteiger partial charge in [-0.05, 0) is 47.5 Å². The number of halogens is 1. The third-order valence-electron chi connectivity index (χ3n) is 4.57. The van der Waals surface area contributed by atoms with E-state index in [1.807, 2.05) is 54.6 Å². The van der Waals surface area contributed by atoms with Crippen molar-refractivity contribution >= 4 is 11.6 Å². The first-order valence-electron chi connectivity index (χ1n) is 8.55.